The molecule has 1 N–H and O–H groups in total. The van der Waals surface area contributed by atoms with Gasteiger partial charge in [0.05, 0.1) is 33.0 Å². The van der Waals surface area contributed by atoms with Crippen molar-refractivity contribution in [2.75, 3.05) is 7.05 Å². The van der Waals surface area contributed by atoms with E-state index in [0.29, 0.717) is 5.92 Å². The van der Waals surface area contributed by atoms with E-state index < -0.39 is 0 Å². The van der Waals surface area contributed by atoms with Crippen LogP contribution in [0.5, 0.6) is 0 Å². The SMILES string of the molecule is CCc1nn(C)c(CC(NC)c2snnc2C(C)C)c1Cl. The minimum absolute atomic E-state index is 0.153. The van der Waals surface area contributed by atoms with Crippen molar-refractivity contribution in [3.8, 4) is 0 Å². The number of nitrogens with one attached hydrogen (secondary N) is 1. The van der Waals surface area contributed by atoms with Gasteiger partial charge in [0.1, 0.15) is 0 Å². The molecule has 0 radical (unpaired) electrons. The molecule has 0 aliphatic carbocycles. The van der Waals surface area contributed by atoms with Crippen molar-refractivity contribution >= 4 is 23.1 Å². The van der Waals surface area contributed by atoms with Crippen LogP contribution in [0.4, 0.5) is 0 Å². The van der Waals surface area contributed by atoms with Gasteiger partial charge in [0.25, 0.3) is 0 Å². The van der Waals surface area contributed by atoms with Gasteiger partial charge in [-0.1, -0.05) is 36.9 Å². The summed E-state index contributed by atoms with van der Waals surface area (Å²) in [5.41, 5.74) is 3.07. The molecule has 2 rings (SSSR count). The molecule has 0 aliphatic heterocycles. The van der Waals surface area contributed by atoms with E-state index >= 15 is 0 Å². The summed E-state index contributed by atoms with van der Waals surface area (Å²) in [7, 11) is 3.90. The van der Waals surface area contributed by atoms with Gasteiger partial charge < -0.3 is 5.32 Å². The van der Waals surface area contributed by atoms with E-state index in [1.807, 2.05) is 18.8 Å². The minimum atomic E-state index is 0.153. The summed E-state index contributed by atoms with van der Waals surface area (Å²) in [5, 5.41) is 12.9. The third-order valence-corrected chi connectivity index (χ3v) is 4.94. The zero-order valence-electron chi connectivity index (χ0n) is 13.1. The summed E-state index contributed by atoms with van der Waals surface area (Å²) in [6.45, 7) is 6.34. The first-order valence-electron chi connectivity index (χ1n) is 7.19. The van der Waals surface area contributed by atoms with Gasteiger partial charge in [-0.25, -0.2) is 0 Å². The number of hydrogen-bond acceptors (Lipinski definition) is 5. The normalized spacial score (nSPS) is 13.1. The number of aromatic nitrogens is 4. The lowest BCUT2D eigenvalue weighted by Gasteiger charge is -2.16. The number of hydrogen-bond donors (Lipinski definition) is 1. The molecule has 116 valence electrons. The van der Waals surface area contributed by atoms with Gasteiger partial charge in [0, 0.05) is 13.5 Å². The second kappa shape index (κ2) is 6.85. The van der Waals surface area contributed by atoms with E-state index in [4.69, 9.17) is 11.6 Å². The predicted molar refractivity (Wildman–Crippen MR) is 87.1 cm³/mol. The maximum Gasteiger partial charge on any atom is 0.0850 e. The largest absolute Gasteiger partial charge is 0.312 e. The van der Waals surface area contributed by atoms with Gasteiger partial charge in [0.2, 0.25) is 0 Å². The lowest BCUT2D eigenvalue weighted by atomic mass is 10.0. The van der Waals surface area contributed by atoms with Gasteiger partial charge in [-0.05, 0) is 30.9 Å². The fourth-order valence-corrected chi connectivity index (χ4v) is 3.69. The molecule has 0 bridgehead atoms. The smallest absolute Gasteiger partial charge is 0.0850 e. The molecule has 7 heteroatoms. The molecule has 0 spiro atoms. The summed E-state index contributed by atoms with van der Waals surface area (Å²) >= 11 is 7.91. The number of halogens is 1. The molecule has 21 heavy (non-hydrogen) atoms. The van der Waals surface area contributed by atoms with E-state index in [9.17, 15) is 0 Å². The Morgan fingerprint density at radius 1 is 1.38 bits per heavy atom. The Morgan fingerprint density at radius 3 is 2.62 bits per heavy atom. The molecule has 1 atom stereocenters. The van der Waals surface area contributed by atoms with E-state index in [2.05, 4.69) is 40.8 Å². The highest BCUT2D eigenvalue weighted by Crippen LogP contribution is 2.31. The van der Waals surface area contributed by atoms with Crippen LogP contribution in [-0.2, 0) is 19.9 Å². The van der Waals surface area contributed by atoms with E-state index in [0.717, 1.165) is 34.9 Å². The van der Waals surface area contributed by atoms with Crippen LogP contribution >= 0.6 is 23.1 Å². The van der Waals surface area contributed by atoms with Crippen LogP contribution in [0.15, 0.2) is 0 Å². The monoisotopic (exact) mass is 327 g/mol. The first kappa shape index (κ1) is 16.4. The molecule has 0 saturated heterocycles. The average molecular weight is 328 g/mol. The standard InChI is InChI=1S/C14H22ClN5S/c1-6-9-12(15)11(20(5)18-9)7-10(16-4)14-13(8(2)3)17-19-21-14/h8,10,16H,6-7H2,1-5H3. The molecule has 0 fully saturated rings. The summed E-state index contributed by atoms with van der Waals surface area (Å²) in [4.78, 5) is 1.18. The average Bonchev–Trinajstić information content (AvgIpc) is 3.03. The number of rotatable bonds is 6. The molecular weight excluding hydrogens is 306 g/mol. The highest BCUT2D eigenvalue weighted by Gasteiger charge is 2.23. The number of likely N-dealkylation sites (N-methyl/N-ethyl adjacent to an activating group) is 1. The van der Waals surface area contributed by atoms with E-state index in [1.165, 1.54) is 16.4 Å². The molecule has 0 aromatic carbocycles. The topological polar surface area (TPSA) is 55.6 Å². The number of nitrogens with zero attached hydrogens (tertiary/aromatic N) is 4. The lowest BCUT2D eigenvalue weighted by Crippen LogP contribution is -2.21. The maximum absolute atomic E-state index is 6.46. The summed E-state index contributed by atoms with van der Waals surface area (Å²) in [6.07, 6.45) is 1.62. The van der Waals surface area contributed by atoms with Crippen molar-refractivity contribution < 1.29 is 0 Å². The molecule has 0 amide bonds. The maximum atomic E-state index is 6.46. The van der Waals surface area contributed by atoms with E-state index in [1.54, 1.807) is 0 Å². The Labute approximate surface area is 134 Å². The second-order valence-corrected chi connectivity index (χ2v) is 6.57. The van der Waals surface area contributed by atoms with Crippen molar-refractivity contribution in [3.05, 3.63) is 27.0 Å². The summed E-state index contributed by atoms with van der Waals surface area (Å²) < 4.78 is 6.00. The first-order chi connectivity index (χ1) is 9.99. The fourth-order valence-electron chi connectivity index (χ4n) is 2.41. The van der Waals surface area contributed by atoms with Gasteiger partial charge in [-0.15, -0.1) is 5.10 Å². The Kier molecular flexibility index (Phi) is 5.35. The molecule has 2 heterocycles. The third-order valence-electron chi connectivity index (χ3n) is 3.65. The Bertz CT molecular complexity index is 605. The Morgan fingerprint density at radius 2 is 2.10 bits per heavy atom. The van der Waals surface area contributed by atoms with Crippen LogP contribution in [0.2, 0.25) is 5.02 Å². The zero-order chi connectivity index (χ0) is 15.6. The van der Waals surface area contributed by atoms with Crippen LogP contribution in [-0.4, -0.2) is 26.4 Å². The molecule has 2 aromatic rings. The Balaban J connectivity index is 2.31. The summed E-state index contributed by atoms with van der Waals surface area (Å²) in [5.74, 6) is 0.364. The predicted octanol–water partition coefficient (Wildman–Crippen LogP) is 3.11. The van der Waals surface area contributed by atoms with Crippen LogP contribution in [0.25, 0.3) is 0 Å². The molecule has 0 saturated carbocycles. The van der Waals surface area contributed by atoms with Gasteiger partial charge in [-0.3, -0.25) is 4.68 Å². The molecular formula is C14H22ClN5S. The highest BCUT2D eigenvalue weighted by molar-refractivity contribution is 7.05. The van der Waals surface area contributed by atoms with Crippen molar-refractivity contribution in [3.63, 3.8) is 0 Å². The number of aryl methyl sites for hydroxylation is 2. The van der Waals surface area contributed by atoms with Crippen LogP contribution in [0.3, 0.4) is 0 Å². The van der Waals surface area contributed by atoms with Crippen molar-refractivity contribution in [2.24, 2.45) is 7.05 Å². The molecule has 5 nitrogen and oxygen atoms in total. The third kappa shape index (κ3) is 3.27. The second-order valence-electron chi connectivity index (χ2n) is 5.41. The van der Waals surface area contributed by atoms with Crippen LogP contribution < -0.4 is 5.32 Å². The quantitative estimate of drug-likeness (QED) is 0.885. The van der Waals surface area contributed by atoms with Crippen molar-refractivity contribution in [2.45, 2.75) is 45.6 Å². The first-order valence-corrected chi connectivity index (χ1v) is 8.34. The molecule has 0 aliphatic rings. The highest BCUT2D eigenvalue weighted by atomic mass is 35.5. The van der Waals surface area contributed by atoms with Crippen LogP contribution in [0.1, 0.15) is 54.7 Å². The van der Waals surface area contributed by atoms with Crippen molar-refractivity contribution in [1.82, 2.24) is 24.7 Å². The van der Waals surface area contributed by atoms with E-state index in [-0.39, 0.29) is 6.04 Å². The van der Waals surface area contributed by atoms with Crippen molar-refractivity contribution in [1.29, 1.82) is 0 Å². The molecule has 2 aromatic heterocycles. The lowest BCUT2D eigenvalue weighted by molar-refractivity contribution is 0.560. The fraction of sp³-hybridized carbons (Fsp3) is 0.643. The van der Waals surface area contributed by atoms with Gasteiger partial charge in [-0.2, -0.15) is 5.10 Å². The zero-order valence-corrected chi connectivity index (χ0v) is 14.7. The van der Waals surface area contributed by atoms with Gasteiger partial charge >= 0.3 is 0 Å². The van der Waals surface area contributed by atoms with Crippen LogP contribution in [0, 0.1) is 0 Å². The summed E-state index contributed by atoms with van der Waals surface area (Å²) in [6, 6.07) is 0.153. The molecule has 1 unspecified atom stereocenters. The Hall–Kier alpha value is -0.980. The van der Waals surface area contributed by atoms with Gasteiger partial charge in [0.15, 0.2) is 0 Å². The minimum Gasteiger partial charge on any atom is -0.312 e.